The molecule has 0 saturated heterocycles. The van der Waals surface area contributed by atoms with Crippen molar-refractivity contribution in [3.63, 3.8) is 0 Å². The van der Waals surface area contributed by atoms with Gasteiger partial charge in [-0.25, -0.2) is 0 Å². The highest BCUT2D eigenvalue weighted by molar-refractivity contribution is 9.10. The highest BCUT2D eigenvalue weighted by atomic mass is 79.9. The maximum atomic E-state index is 11.2. The number of rotatable bonds is 2. The first-order chi connectivity index (χ1) is 5.66. The van der Waals surface area contributed by atoms with Crippen molar-refractivity contribution in [1.29, 1.82) is 0 Å². The molecule has 64 valence electrons. The molecule has 0 radical (unpaired) electrons. The van der Waals surface area contributed by atoms with E-state index in [9.17, 15) is 4.79 Å². The number of halogens is 1. The maximum Gasteiger partial charge on any atom is 0.162 e. The van der Waals surface area contributed by atoms with Gasteiger partial charge >= 0.3 is 0 Å². The lowest BCUT2D eigenvalue weighted by atomic mass is 10.1. The number of carbonyl (C=O) groups is 1. The monoisotopic (exact) mass is 244 g/mol. The summed E-state index contributed by atoms with van der Waals surface area (Å²) in [4.78, 5) is 12.2. The number of hydrogen-bond acceptors (Lipinski definition) is 2. The van der Waals surface area contributed by atoms with Crippen molar-refractivity contribution in [3.8, 4) is 0 Å². The largest absolute Gasteiger partial charge is 0.294 e. The summed E-state index contributed by atoms with van der Waals surface area (Å²) < 4.78 is 0.877. The van der Waals surface area contributed by atoms with Crippen LogP contribution < -0.4 is 0 Å². The Kier molecular flexibility index (Phi) is 3.35. The predicted octanol–water partition coefficient (Wildman–Crippen LogP) is 3.37. The van der Waals surface area contributed by atoms with Gasteiger partial charge in [0, 0.05) is 14.9 Å². The molecular weight excluding hydrogens is 236 g/mol. The van der Waals surface area contributed by atoms with E-state index in [-0.39, 0.29) is 5.78 Å². The van der Waals surface area contributed by atoms with Crippen molar-refractivity contribution in [1.82, 2.24) is 0 Å². The number of hydrogen-bond donors (Lipinski definition) is 0. The number of ketones is 1. The molecule has 0 aliphatic rings. The number of carbonyl (C=O) groups excluding carboxylic acids is 1. The Morgan fingerprint density at radius 1 is 1.50 bits per heavy atom. The maximum absolute atomic E-state index is 11.2. The minimum absolute atomic E-state index is 0.104. The van der Waals surface area contributed by atoms with Gasteiger partial charge in [-0.3, -0.25) is 4.79 Å². The SMILES string of the molecule is CSc1cccc(Br)c1C(C)=O. The van der Waals surface area contributed by atoms with Crippen LogP contribution in [0.2, 0.25) is 0 Å². The molecule has 1 aromatic carbocycles. The lowest BCUT2D eigenvalue weighted by molar-refractivity contribution is 0.101. The highest BCUT2D eigenvalue weighted by Gasteiger charge is 2.09. The molecule has 0 saturated carbocycles. The second kappa shape index (κ2) is 4.10. The van der Waals surface area contributed by atoms with E-state index in [1.54, 1.807) is 18.7 Å². The Bertz CT molecular complexity index is 309. The van der Waals surface area contributed by atoms with E-state index in [1.165, 1.54) is 0 Å². The van der Waals surface area contributed by atoms with Crippen LogP contribution in [0.3, 0.4) is 0 Å². The van der Waals surface area contributed by atoms with Crippen molar-refractivity contribution in [2.24, 2.45) is 0 Å². The first kappa shape index (κ1) is 9.81. The fourth-order valence-electron chi connectivity index (χ4n) is 1.02. The van der Waals surface area contributed by atoms with Crippen LogP contribution in [0, 0.1) is 0 Å². The smallest absolute Gasteiger partial charge is 0.162 e. The molecule has 0 spiro atoms. The van der Waals surface area contributed by atoms with Crippen molar-refractivity contribution < 1.29 is 4.79 Å². The summed E-state index contributed by atoms with van der Waals surface area (Å²) in [7, 11) is 0. The fourth-order valence-corrected chi connectivity index (χ4v) is 2.47. The Morgan fingerprint density at radius 3 is 2.58 bits per heavy atom. The molecular formula is C9H9BrOS. The van der Waals surface area contributed by atoms with Crippen LogP contribution >= 0.6 is 27.7 Å². The fraction of sp³-hybridized carbons (Fsp3) is 0.222. The number of Topliss-reactive ketones (excluding diaryl/α,β-unsaturated/α-hetero) is 1. The van der Waals surface area contributed by atoms with Crippen LogP contribution in [0.4, 0.5) is 0 Å². The summed E-state index contributed by atoms with van der Waals surface area (Å²) in [5.74, 6) is 0.104. The van der Waals surface area contributed by atoms with Crippen molar-refractivity contribution in [2.45, 2.75) is 11.8 Å². The van der Waals surface area contributed by atoms with Gasteiger partial charge in [0.25, 0.3) is 0 Å². The van der Waals surface area contributed by atoms with E-state index in [1.807, 2.05) is 24.5 Å². The summed E-state index contributed by atoms with van der Waals surface area (Å²) in [6.07, 6.45) is 1.97. The third kappa shape index (κ3) is 1.90. The normalized spacial score (nSPS) is 9.92. The average molecular weight is 245 g/mol. The Labute approximate surface area is 84.7 Å². The van der Waals surface area contributed by atoms with E-state index in [0.717, 1.165) is 14.9 Å². The molecule has 0 heterocycles. The number of thioether (sulfide) groups is 1. The molecule has 0 unspecified atom stereocenters. The van der Waals surface area contributed by atoms with Crippen molar-refractivity contribution in [2.75, 3.05) is 6.26 Å². The van der Waals surface area contributed by atoms with Crippen LogP contribution in [-0.4, -0.2) is 12.0 Å². The van der Waals surface area contributed by atoms with Gasteiger partial charge in [-0.1, -0.05) is 22.0 Å². The van der Waals surface area contributed by atoms with Crippen molar-refractivity contribution >= 4 is 33.5 Å². The number of benzene rings is 1. The van der Waals surface area contributed by atoms with E-state index >= 15 is 0 Å². The minimum Gasteiger partial charge on any atom is -0.294 e. The highest BCUT2D eigenvalue weighted by Crippen LogP contribution is 2.27. The second-order valence-corrected chi connectivity index (χ2v) is 4.08. The van der Waals surface area contributed by atoms with Gasteiger partial charge in [0.1, 0.15) is 0 Å². The summed E-state index contributed by atoms with van der Waals surface area (Å²) in [5, 5.41) is 0. The van der Waals surface area contributed by atoms with E-state index < -0.39 is 0 Å². The zero-order valence-corrected chi connectivity index (χ0v) is 9.33. The topological polar surface area (TPSA) is 17.1 Å². The lowest BCUT2D eigenvalue weighted by Crippen LogP contribution is -1.95. The van der Waals surface area contributed by atoms with Crippen LogP contribution in [0.15, 0.2) is 27.6 Å². The van der Waals surface area contributed by atoms with Crippen LogP contribution in [-0.2, 0) is 0 Å². The van der Waals surface area contributed by atoms with Crippen molar-refractivity contribution in [3.05, 3.63) is 28.2 Å². The molecule has 0 atom stereocenters. The molecule has 0 N–H and O–H groups in total. The molecule has 0 fully saturated rings. The lowest BCUT2D eigenvalue weighted by Gasteiger charge is -2.04. The van der Waals surface area contributed by atoms with Gasteiger partial charge in [0.05, 0.1) is 0 Å². The van der Waals surface area contributed by atoms with Gasteiger partial charge in [-0.15, -0.1) is 11.8 Å². The van der Waals surface area contributed by atoms with Crippen LogP contribution in [0.5, 0.6) is 0 Å². The first-order valence-electron chi connectivity index (χ1n) is 3.50. The van der Waals surface area contributed by atoms with E-state index in [4.69, 9.17) is 0 Å². The summed E-state index contributed by atoms with van der Waals surface area (Å²) in [5.41, 5.74) is 0.782. The summed E-state index contributed by atoms with van der Waals surface area (Å²) in [6, 6.07) is 5.77. The quantitative estimate of drug-likeness (QED) is 0.587. The molecule has 1 nitrogen and oxygen atoms in total. The standard InChI is InChI=1S/C9H9BrOS/c1-6(11)9-7(10)4-3-5-8(9)12-2/h3-5H,1-2H3. The Morgan fingerprint density at radius 2 is 2.17 bits per heavy atom. The Hall–Kier alpha value is -0.280. The zero-order valence-electron chi connectivity index (χ0n) is 6.93. The molecule has 1 aromatic rings. The summed E-state index contributed by atoms with van der Waals surface area (Å²) in [6.45, 7) is 1.58. The van der Waals surface area contributed by atoms with Crippen LogP contribution in [0.1, 0.15) is 17.3 Å². The average Bonchev–Trinajstić information content (AvgIpc) is 2.03. The molecule has 0 amide bonds. The van der Waals surface area contributed by atoms with Gasteiger partial charge < -0.3 is 0 Å². The molecule has 0 aliphatic carbocycles. The second-order valence-electron chi connectivity index (χ2n) is 2.37. The Balaban J connectivity index is 3.29. The van der Waals surface area contributed by atoms with Gasteiger partial charge in [0.15, 0.2) is 5.78 Å². The first-order valence-corrected chi connectivity index (χ1v) is 5.52. The van der Waals surface area contributed by atoms with E-state index in [2.05, 4.69) is 15.9 Å². The van der Waals surface area contributed by atoms with Gasteiger partial charge in [-0.05, 0) is 25.3 Å². The molecule has 1 rings (SSSR count). The minimum atomic E-state index is 0.104. The zero-order chi connectivity index (χ0) is 9.14. The van der Waals surface area contributed by atoms with E-state index in [0.29, 0.717) is 0 Å². The van der Waals surface area contributed by atoms with Gasteiger partial charge in [0.2, 0.25) is 0 Å². The molecule has 3 heteroatoms. The van der Waals surface area contributed by atoms with Crippen LogP contribution in [0.25, 0.3) is 0 Å². The summed E-state index contributed by atoms with van der Waals surface area (Å²) >= 11 is 4.94. The molecule has 0 aromatic heterocycles. The molecule has 12 heavy (non-hydrogen) atoms. The predicted molar refractivity (Wildman–Crippen MR) is 55.9 cm³/mol. The van der Waals surface area contributed by atoms with Gasteiger partial charge in [-0.2, -0.15) is 0 Å². The third-order valence-corrected chi connectivity index (χ3v) is 2.99. The third-order valence-electron chi connectivity index (χ3n) is 1.55. The molecule has 0 bridgehead atoms. The molecule has 0 aliphatic heterocycles.